The normalized spacial score (nSPS) is 21.3. The van der Waals surface area contributed by atoms with Crippen LogP contribution in [0.3, 0.4) is 0 Å². The zero-order chi connectivity index (χ0) is 11.5. The van der Waals surface area contributed by atoms with Crippen LogP contribution < -0.4 is 4.74 Å². The summed E-state index contributed by atoms with van der Waals surface area (Å²) >= 11 is 0. The van der Waals surface area contributed by atoms with E-state index in [0.717, 1.165) is 5.75 Å². The second kappa shape index (κ2) is 4.15. The van der Waals surface area contributed by atoms with E-state index in [9.17, 15) is 0 Å². The van der Waals surface area contributed by atoms with Crippen LogP contribution in [0.2, 0.25) is 0 Å². The van der Waals surface area contributed by atoms with Gasteiger partial charge in [0.05, 0.1) is 7.11 Å². The molecule has 0 aliphatic heterocycles. The van der Waals surface area contributed by atoms with Crippen LogP contribution in [-0.2, 0) is 0 Å². The lowest BCUT2D eigenvalue weighted by atomic mass is 9.99. The van der Waals surface area contributed by atoms with Gasteiger partial charge in [-0.2, -0.15) is 0 Å². The Morgan fingerprint density at radius 3 is 2.67 bits per heavy atom. The molecule has 0 aliphatic carbocycles. The highest BCUT2D eigenvalue weighted by Gasteiger charge is 2.01. The second-order valence-corrected chi connectivity index (χ2v) is 2.54. The average Bonchev–Trinajstić information content (AvgIpc) is 2.28. The standard InChI is InChI=1S/C11H16O/c1-4-9(2)10-5-7-11(12-3)8-6-10/h5-9H,4H2,1-3H3/i2D,4D,9D. The van der Waals surface area contributed by atoms with Gasteiger partial charge in [-0.25, -0.2) is 0 Å². The van der Waals surface area contributed by atoms with Gasteiger partial charge >= 0.3 is 0 Å². The lowest BCUT2D eigenvalue weighted by Gasteiger charge is -2.08. The monoisotopic (exact) mass is 167 g/mol. The molecule has 0 N–H and O–H groups in total. The molecule has 0 aromatic heterocycles. The van der Waals surface area contributed by atoms with Gasteiger partial charge in [0.25, 0.3) is 0 Å². The summed E-state index contributed by atoms with van der Waals surface area (Å²) in [4.78, 5) is 0. The molecule has 1 heteroatoms. The van der Waals surface area contributed by atoms with Crippen molar-refractivity contribution in [2.24, 2.45) is 0 Å². The first-order valence-corrected chi connectivity index (χ1v) is 3.90. The van der Waals surface area contributed by atoms with Crippen LogP contribution in [0.15, 0.2) is 24.3 Å². The fourth-order valence-electron chi connectivity index (χ4n) is 0.972. The minimum absolute atomic E-state index is 0.107. The van der Waals surface area contributed by atoms with Crippen molar-refractivity contribution in [2.75, 3.05) is 7.11 Å². The van der Waals surface area contributed by atoms with Gasteiger partial charge in [-0.05, 0) is 30.0 Å². The van der Waals surface area contributed by atoms with E-state index in [4.69, 9.17) is 8.85 Å². The lowest BCUT2D eigenvalue weighted by molar-refractivity contribution is 0.414. The van der Waals surface area contributed by atoms with E-state index in [-0.39, 0.29) is 6.90 Å². The highest BCUT2D eigenvalue weighted by molar-refractivity contribution is 5.28. The summed E-state index contributed by atoms with van der Waals surface area (Å²) in [7, 11) is 1.58. The van der Waals surface area contributed by atoms with Crippen LogP contribution in [0.25, 0.3) is 0 Å². The smallest absolute Gasteiger partial charge is 0.118 e. The molecule has 0 heterocycles. The van der Waals surface area contributed by atoms with Crippen molar-refractivity contribution in [3.8, 4) is 5.75 Å². The Hall–Kier alpha value is -0.980. The van der Waals surface area contributed by atoms with Gasteiger partial charge in [0.1, 0.15) is 5.75 Å². The maximum Gasteiger partial charge on any atom is 0.118 e. The number of ether oxygens (including phenoxy) is 1. The maximum atomic E-state index is 8.08. The third-order valence-electron chi connectivity index (χ3n) is 1.81. The van der Waals surface area contributed by atoms with Gasteiger partial charge in [0.15, 0.2) is 0 Å². The van der Waals surface area contributed by atoms with Crippen molar-refractivity contribution in [3.63, 3.8) is 0 Å². The minimum atomic E-state index is -1.15. The molecular formula is C11H16O. The highest BCUT2D eigenvalue weighted by atomic mass is 16.5. The van der Waals surface area contributed by atoms with Crippen molar-refractivity contribution in [1.82, 2.24) is 0 Å². The van der Waals surface area contributed by atoms with E-state index >= 15 is 0 Å². The number of hydrogen-bond acceptors (Lipinski definition) is 1. The molecule has 66 valence electrons. The van der Waals surface area contributed by atoms with Gasteiger partial charge in [0.2, 0.25) is 0 Å². The summed E-state index contributed by atoms with van der Waals surface area (Å²) in [5, 5.41) is 0. The summed E-state index contributed by atoms with van der Waals surface area (Å²) in [5.74, 6) is -0.421. The van der Waals surface area contributed by atoms with Gasteiger partial charge in [0, 0.05) is 4.11 Å². The molecule has 0 fully saturated rings. The molecule has 2 atom stereocenters. The zero-order valence-corrected chi connectivity index (χ0v) is 7.50. The molecule has 1 rings (SSSR count). The first-order valence-electron chi connectivity index (χ1n) is 5.69. The van der Waals surface area contributed by atoms with E-state index in [0.29, 0.717) is 5.56 Å². The van der Waals surface area contributed by atoms with E-state index in [1.54, 1.807) is 38.3 Å². The fourth-order valence-corrected chi connectivity index (χ4v) is 0.972. The Morgan fingerprint density at radius 2 is 2.25 bits per heavy atom. The molecule has 0 amide bonds. The summed E-state index contributed by atoms with van der Waals surface area (Å²) < 4.78 is 28.1. The third-order valence-corrected chi connectivity index (χ3v) is 1.81. The van der Waals surface area contributed by atoms with Crippen molar-refractivity contribution < 1.29 is 8.85 Å². The maximum absolute atomic E-state index is 8.08. The van der Waals surface area contributed by atoms with Crippen molar-refractivity contribution in [1.29, 1.82) is 0 Å². The molecule has 1 aromatic carbocycles. The predicted molar refractivity (Wildman–Crippen MR) is 51.7 cm³/mol. The van der Waals surface area contributed by atoms with Crippen LogP contribution in [-0.4, -0.2) is 7.11 Å². The van der Waals surface area contributed by atoms with Gasteiger partial charge in [-0.1, -0.05) is 26.0 Å². The summed E-state index contributed by atoms with van der Waals surface area (Å²) in [5.41, 5.74) is 0.695. The second-order valence-electron chi connectivity index (χ2n) is 2.54. The van der Waals surface area contributed by atoms with Crippen LogP contribution in [0.5, 0.6) is 5.75 Å². The quantitative estimate of drug-likeness (QED) is 0.671. The van der Waals surface area contributed by atoms with Crippen molar-refractivity contribution in [2.45, 2.75) is 26.1 Å². The van der Waals surface area contributed by atoms with E-state index in [2.05, 4.69) is 0 Å². The Kier molecular flexibility index (Phi) is 1.95. The summed E-state index contributed by atoms with van der Waals surface area (Å²) in [6.45, 7) is 1.54. The lowest BCUT2D eigenvalue weighted by Crippen LogP contribution is -1.90. The highest BCUT2D eigenvalue weighted by Crippen LogP contribution is 2.20. The molecular weight excluding hydrogens is 148 g/mol. The van der Waals surface area contributed by atoms with Crippen LogP contribution in [0, 0.1) is 0 Å². The largest absolute Gasteiger partial charge is 0.497 e. The number of hydrogen-bond donors (Lipinski definition) is 0. The van der Waals surface area contributed by atoms with E-state index in [1.807, 2.05) is 0 Å². The number of methoxy groups -OCH3 is 1. The third kappa shape index (κ3) is 2.00. The SMILES string of the molecule is [2H]CC([2H])(c1ccc(OC)cc1)C([2H])C. The molecule has 0 bridgehead atoms. The molecule has 0 spiro atoms. The Balaban J connectivity index is 3.03. The van der Waals surface area contributed by atoms with Crippen LogP contribution in [0.4, 0.5) is 0 Å². The summed E-state index contributed by atoms with van der Waals surface area (Å²) in [6.07, 6.45) is -0.622. The molecule has 2 unspecified atom stereocenters. The Labute approximate surface area is 78.6 Å². The Bertz CT molecular complexity index is 310. The number of benzene rings is 1. The van der Waals surface area contributed by atoms with E-state index < -0.39 is 12.3 Å². The van der Waals surface area contributed by atoms with Gasteiger partial charge < -0.3 is 4.74 Å². The Morgan fingerprint density at radius 1 is 1.58 bits per heavy atom. The van der Waals surface area contributed by atoms with Gasteiger partial charge in [-0.15, -0.1) is 0 Å². The topological polar surface area (TPSA) is 9.23 Å². The molecule has 1 nitrogen and oxygen atoms in total. The molecule has 0 radical (unpaired) electrons. The van der Waals surface area contributed by atoms with Gasteiger partial charge in [-0.3, -0.25) is 0 Å². The first kappa shape index (κ1) is 5.63. The van der Waals surface area contributed by atoms with E-state index in [1.165, 1.54) is 0 Å². The summed E-state index contributed by atoms with van der Waals surface area (Å²) in [6, 6.07) is 7.03. The fraction of sp³-hybridized carbons (Fsp3) is 0.455. The molecule has 12 heavy (non-hydrogen) atoms. The van der Waals surface area contributed by atoms with Crippen LogP contribution >= 0.6 is 0 Å². The minimum Gasteiger partial charge on any atom is -0.497 e. The molecule has 0 saturated carbocycles. The first-order chi connectivity index (χ1) is 7.04. The van der Waals surface area contributed by atoms with Crippen molar-refractivity contribution in [3.05, 3.63) is 29.8 Å². The molecule has 0 aliphatic rings. The van der Waals surface area contributed by atoms with Crippen molar-refractivity contribution >= 4 is 0 Å². The molecule has 0 saturated heterocycles. The number of rotatable bonds is 3. The van der Waals surface area contributed by atoms with Crippen LogP contribution in [0.1, 0.15) is 35.8 Å². The average molecular weight is 167 g/mol. The molecule has 1 aromatic rings. The zero-order valence-electron chi connectivity index (χ0n) is 10.5. The predicted octanol–water partition coefficient (Wildman–Crippen LogP) is 3.21.